The van der Waals surface area contributed by atoms with Gasteiger partial charge in [0.25, 0.3) is 0 Å². The van der Waals surface area contributed by atoms with Gasteiger partial charge < -0.3 is 5.32 Å². The van der Waals surface area contributed by atoms with Gasteiger partial charge in [-0.3, -0.25) is 0 Å². The molecule has 0 bridgehead atoms. The van der Waals surface area contributed by atoms with Gasteiger partial charge in [0.2, 0.25) is 0 Å². The van der Waals surface area contributed by atoms with Crippen molar-refractivity contribution < 1.29 is 13.2 Å². The molecule has 1 aromatic carbocycles. The zero-order chi connectivity index (χ0) is 13.2. The molecule has 1 nitrogen and oxygen atoms in total. The topological polar surface area (TPSA) is 12.0 Å². The second kappa shape index (κ2) is 5.31. The smallest absolute Gasteiger partial charge is 0.308 e. The molecule has 100 valence electrons. The molecule has 0 aliphatic heterocycles. The molecule has 0 aromatic heterocycles. The monoisotopic (exact) mass is 257 g/mol. The number of rotatable bonds is 5. The number of hydrogen-bond acceptors (Lipinski definition) is 1. The molecule has 0 amide bonds. The van der Waals surface area contributed by atoms with Crippen LogP contribution >= 0.6 is 0 Å². The number of benzene rings is 1. The van der Waals surface area contributed by atoms with Gasteiger partial charge >= 0.3 is 6.18 Å². The van der Waals surface area contributed by atoms with E-state index in [4.69, 9.17) is 0 Å². The van der Waals surface area contributed by atoms with Gasteiger partial charge in [-0.25, -0.2) is 0 Å². The minimum Gasteiger partial charge on any atom is -0.308 e. The van der Waals surface area contributed by atoms with Crippen LogP contribution in [0.25, 0.3) is 0 Å². The fourth-order valence-electron chi connectivity index (χ4n) is 2.52. The van der Waals surface area contributed by atoms with Crippen molar-refractivity contribution in [2.45, 2.75) is 25.4 Å². The van der Waals surface area contributed by atoms with E-state index in [1.165, 1.54) is 5.56 Å². The van der Waals surface area contributed by atoms with E-state index in [1.54, 1.807) is 0 Å². The van der Waals surface area contributed by atoms with Crippen LogP contribution < -0.4 is 5.32 Å². The Morgan fingerprint density at radius 2 is 1.94 bits per heavy atom. The van der Waals surface area contributed by atoms with Crippen molar-refractivity contribution in [2.24, 2.45) is 11.8 Å². The quantitative estimate of drug-likeness (QED) is 0.850. The Balaban J connectivity index is 1.74. The first kappa shape index (κ1) is 13.4. The number of halogens is 3. The maximum absolute atomic E-state index is 12.0. The first-order valence-electron chi connectivity index (χ1n) is 6.30. The fraction of sp³-hybridized carbons (Fsp3) is 0.571. The van der Waals surface area contributed by atoms with Crippen LogP contribution in [0, 0.1) is 11.8 Å². The molecule has 1 aliphatic carbocycles. The molecule has 0 radical (unpaired) electrons. The average molecular weight is 257 g/mol. The lowest BCUT2D eigenvalue weighted by Crippen LogP contribution is -2.32. The van der Waals surface area contributed by atoms with Crippen LogP contribution in [-0.2, 0) is 0 Å². The molecule has 3 atom stereocenters. The Kier molecular flexibility index (Phi) is 3.95. The first-order chi connectivity index (χ1) is 8.47. The molecule has 4 heteroatoms. The van der Waals surface area contributed by atoms with Gasteiger partial charge in [-0.1, -0.05) is 37.3 Å². The van der Waals surface area contributed by atoms with Crippen molar-refractivity contribution in [2.75, 3.05) is 13.1 Å². The highest BCUT2D eigenvalue weighted by molar-refractivity contribution is 5.25. The fourth-order valence-corrected chi connectivity index (χ4v) is 2.52. The van der Waals surface area contributed by atoms with Crippen LogP contribution in [0.1, 0.15) is 24.8 Å². The molecule has 1 saturated carbocycles. The number of alkyl halides is 3. The summed E-state index contributed by atoms with van der Waals surface area (Å²) in [5.41, 5.74) is 1.31. The van der Waals surface area contributed by atoms with E-state index in [2.05, 4.69) is 17.4 Å². The highest BCUT2D eigenvalue weighted by atomic mass is 19.4. The lowest BCUT2D eigenvalue weighted by molar-refractivity contribution is -0.125. The van der Waals surface area contributed by atoms with Crippen LogP contribution in [-0.4, -0.2) is 19.3 Å². The second-order valence-corrected chi connectivity index (χ2v) is 5.14. The third-order valence-electron chi connectivity index (χ3n) is 3.59. The van der Waals surface area contributed by atoms with Crippen molar-refractivity contribution in [1.82, 2.24) is 5.32 Å². The Hall–Kier alpha value is -1.03. The van der Waals surface area contributed by atoms with E-state index in [0.29, 0.717) is 18.4 Å². The Labute approximate surface area is 105 Å². The molecule has 3 unspecified atom stereocenters. The summed E-state index contributed by atoms with van der Waals surface area (Å²) in [6.07, 6.45) is -3.01. The van der Waals surface area contributed by atoms with Crippen molar-refractivity contribution >= 4 is 0 Å². The van der Waals surface area contributed by atoms with E-state index < -0.39 is 12.7 Å². The summed E-state index contributed by atoms with van der Waals surface area (Å²) in [6, 6.07) is 10.2. The predicted molar refractivity (Wildman–Crippen MR) is 65.4 cm³/mol. The number of nitrogens with one attached hydrogen (secondary N) is 1. The lowest BCUT2D eigenvalue weighted by Gasteiger charge is -2.14. The van der Waals surface area contributed by atoms with E-state index in [9.17, 15) is 13.2 Å². The van der Waals surface area contributed by atoms with Crippen LogP contribution in [0.15, 0.2) is 30.3 Å². The highest BCUT2D eigenvalue weighted by Gasteiger charge is 2.41. The largest absolute Gasteiger partial charge is 0.401 e. The van der Waals surface area contributed by atoms with Gasteiger partial charge in [-0.2, -0.15) is 13.2 Å². The van der Waals surface area contributed by atoms with E-state index in [0.717, 1.165) is 6.42 Å². The molecule has 1 aliphatic rings. The Morgan fingerprint density at radius 1 is 1.28 bits per heavy atom. The summed E-state index contributed by atoms with van der Waals surface area (Å²) in [4.78, 5) is 0. The molecule has 1 fully saturated rings. The standard InChI is InChI=1S/C14H18F3N/c1-10(8-18-9-14(15,16)17)12-7-13(12)11-5-3-2-4-6-11/h2-6,10,12-13,18H,7-9H2,1H3. The van der Waals surface area contributed by atoms with Crippen molar-refractivity contribution in [3.8, 4) is 0 Å². The third-order valence-corrected chi connectivity index (χ3v) is 3.59. The van der Waals surface area contributed by atoms with Crippen LogP contribution in [0.5, 0.6) is 0 Å². The normalized spacial score (nSPS) is 24.9. The predicted octanol–water partition coefficient (Wildman–Crippen LogP) is 3.58. The number of hydrogen-bond donors (Lipinski definition) is 1. The molecule has 2 rings (SSSR count). The summed E-state index contributed by atoms with van der Waals surface area (Å²) in [5.74, 6) is 1.35. The maximum atomic E-state index is 12.0. The van der Waals surface area contributed by atoms with Gasteiger partial charge in [0.05, 0.1) is 6.54 Å². The molecule has 18 heavy (non-hydrogen) atoms. The SMILES string of the molecule is CC(CNCC(F)(F)F)C1CC1c1ccccc1. The summed E-state index contributed by atoms with van der Waals surface area (Å²) < 4.78 is 36.0. The minimum absolute atomic E-state index is 0.289. The molecular formula is C14H18F3N. The lowest BCUT2D eigenvalue weighted by atomic mass is 10.0. The molecular weight excluding hydrogens is 239 g/mol. The van der Waals surface area contributed by atoms with Gasteiger partial charge in [-0.15, -0.1) is 0 Å². The molecule has 1 aromatic rings. The Bertz CT molecular complexity index is 374. The zero-order valence-corrected chi connectivity index (χ0v) is 10.4. The van der Waals surface area contributed by atoms with E-state index in [-0.39, 0.29) is 5.92 Å². The summed E-state index contributed by atoms with van der Waals surface area (Å²) >= 11 is 0. The van der Waals surface area contributed by atoms with Crippen LogP contribution in [0.3, 0.4) is 0 Å². The van der Waals surface area contributed by atoms with Crippen LogP contribution in [0.2, 0.25) is 0 Å². The van der Waals surface area contributed by atoms with Gasteiger partial charge in [0, 0.05) is 0 Å². The van der Waals surface area contributed by atoms with Gasteiger partial charge in [0.1, 0.15) is 0 Å². The first-order valence-corrected chi connectivity index (χ1v) is 6.30. The third kappa shape index (κ3) is 3.73. The molecule has 0 heterocycles. The van der Waals surface area contributed by atoms with Crippen molar-refractivity contribution in [3.05, 3.63) is 35.9 Å². The summed E-state index contributed by atoms with van der Waals surface area (Å²) in [5, 5.41) is 2.49. The van der Waals surface area contributed by atoms with Crippen molar-refractivity contribution in [3.63, 3.8) is 0 Å². The average Bonchev–Trinajstić information content (AvgIpc) is 3.08. The van der Waals surface area contributed by atoms with Gasteiger partial charge in [0.15, 0.2) is 0 Å². The molecule has 1 N–H and O–H groups in total. The van der Waals surface area contributed by atoms with Gasteiger partial charge in [-0.05, 0) is 36.3 Å². The van der Waals surface area contributed by atoms with E-state index >= 15 is 0 Å². The Morgan fingerprint density at radius 3 is 2.56 bits per heavy atom. The zero-order valence-electron chi connectivity index (χ0n) is 10.4. The van der Waals surface area contributed by atoms with E-state index in [1.807, 2.05) is 25.1 Å². The molecule has 0 saturated heterocycles. The maximum Gasteiger partial charge on any atom is 0.401 e. The minimum atomic E-state index is -4.11. The summed E-state index contributed by atoms with van der Waals surface area (Å²) in [7, 11) is 0. The highest BCUT2D eigenvalue weighted by Crippen LogP contribution is 2.51. The second-order valence-electron chi connectivity index (χ2n) is 5.14. The van der Waals surface area contributed by atoms with Crippen molar-refractivity contribution in [1.29, 1.82) is 0 Å². The summed E-state index contributed by atoms with van der Waals surface area (Å²) in [6.45, 7) is 1.57. The molecule has 0 spiro atoms. The van der Waals surface area contributed by atoms with Crippen LogP contribution in [0.4, 0.5) is 13.2 Å².